The highest BCUT2D eigenvalue weighted by molar-refractivity contribution is 14.1. The number of Topliss-reactive ketones (excluding diaryl/α,β-unsaturated/α-hetero) is 1. The minimum absolute atomic E-state index is 0.0545. The third kappa shape index (κ3) is 10.2. The second-order valence-electron chi connectivity index (χ2n) is 21.2. The van der Waals surface area contributed by atoms with E-state index in [4.69, 9.17) is 26.7 Å². The number of ether oxygens (including phenoxy) is 2. The maximum atomic E-state index is 14.3. The molecule has 19 nitrogen and oxygen atoms in total. The molecular formula is C55H55IN8O11S2. The number of hydrogen-bond acceptors (Lipinski definition) is 13. The van der Waals surface area contributed by atoms with Gasteiger partial charge in [0.15, 0.2) is 5.11 Å². The molecule has 6 aromatic rings. The Labute approximate surface area is 461 Å². The first kappa shape index (κ1) is 53.5. The Hall–Kier alpha value is -6.89. The number of ketones is 1. The number of thiocarbonyl (C=S) groups is 1. The summed E-state index contributed by atoms with van der Waals surface area (Å²) in [5, 5.41) is 20.1. The van der Waals surface area contributed by atoms with Gasteiger partial charge in [0.1, 0.15) is 30.5 Å². The number of para-hydroxylation sites is 1. The van der Waals surface area contributed by atoms with E-state index in [1.807, 2.05) is 56.3 Å². The second-order valence-corrected chi connectivity index (χ2v) is 24.9. The van der Waals surface area contributed by atoms with Crippen LogP contribution in [0, 0.1) is 22.7 Å². The molecule has 2 aliphatic heterocycles. The first-order valence-electron chi connectivity index (χ1n) is 25.1. The fraction of sp³-hybridized carbons (Fsp3) is 0.364. The Balaban J connectivity index is 0.807. The van der Waals surface area contributed by atoms with E-state index in [2.05, 4.69) is 30.6 Å². The van der Waals surface area contributed by atoms with Gasteiger partial charge in [-0.05, 0) is 118 Å². The summed E-state index contributed by atoms with van der Waals surface area (Å²) < 4.78 is 40.4. The van der Waals surface area contributed by atoms with Crippen LogP contribution in [0.5, 0.6) is 0 Å². The average molecular weight is 1200 g/mol. The highest BCUT2D eigenvalue weighted by Crippen LogP contribution is 2.64. The fourth-order valence-corrected chi connectivity index (χ4v) is 14.5. The summed E-state index contributed by atoms with van der Waals surface area (Å²) in [6.07, 6.45) is 4.50. The lowest BCUT2D eigenvalue weighted by Crippen LogP contribution is -2.56. The van der Waals surface area contributed by atoms with Crippen LogP contribution in [0.4, 0.5) is 5.69 Å². The number of nitrogens with one attached hydrogen (secondary N) is 5. The number of amides is 1. The number of esters is 2. The third-order valence-electron chi connectivity index (χ3n) is 15.8. The number of imidazole rings is 1. The number of sulfonamides is 1. The van der Waals surface area contributed by atoms with Gasteiger partial charge in [0, 0.05) is 52.3 Å². The molecule has 0 radical (unpaired) electrons. The number of hydrogen-bond donors (Lipinski definition) is 6. The number of nitrogens with zero attached hydrogens (tertiary/aromatic N) is 3. The van der Waals surface area contributed by atoms with Crippen LogP contribution in [0.2, 0.25) is 0 Å². The van der Waals surface area contributed by atoms with E-state index in [1.165, 1.54) is 6.33 Å². The van der Waals surface area contributed by atoms with Gasteiger partial charge in [-0.15, -0.1) is 0 Å². The molecule has 2 aliphatic carbocycles. The van der Waals surface area contributed by atoms with Crippen LogP contribution < -0.4 is 26.2 Å². The molecule has 2 saturated carbocycles. The predicted octanol–water partition coefficient (Wildman–Crippen LogP) is 6.05. The number of H-pyrrole nitrogens is 1. The van der Waals surface area contributed by atoms with Crippen LogP contribution in [0.15, 0.2) is 102 Å². The SMILES string of the molecule is CC(C)C(NC(=O)C(Cc1cnc[nH]1)NC(=S)Nc1cccc(-c2ccc(C[C@H](NS(=O)(=O)CC34CCC(CC3=O)C4(C)C)C(=O)O)cc2)c1)C(=O)O[C@]1(I)C(=O)OCc2c1cc1n(c2=O)Cc2cc3ccccc3nc2-1. The lowest BCUT2D eigenvalue weighted by Gasteiger charge is -2.36. The minimum Gasteiger partial charge on any atom is -0.480 e. The Morgan fingerprint density at radius 3 is 2.43 bits per heavy atom. The number of halogens is 1. The van der Waals surface area contributed by atoms with Crippen LogP contribution in [-0.4, -0.2) is 91.6 Å². The molecule has 10 rings (SSSR count). The Morgan fingerprint density at radius 2 is 1.74 bits per heavy atom. The van der Waals surface area contributed by atoms with Crippen LogP contribution >= 0.6 is 34.8 Å². The van der Waals surface area contributed by atoms with E-state index in [-0.39, 0.29) is 53.9 Å². The predicted molar refractivity (Wildman–Crippen MR) is 297 cm³/mol. The topological polar surface area (TPSA) is 270 Å². The van der Waals surface area contributed by atoms with Crippen molar-refractivity contribution >= 4 is 96.1 Å². The molecule has 77 heavy (non-hydrogen) atoms. The highest BCUT2D eigenvalue weighted by Gasteiger charge is 2.65. The van der Waals surface area contributed by atoms with Gasteiger partial charge >= 0.3 is 17.9 Å². The van der Waals surface area contributed by atoms with E-state index in [0.717, 1.165) is 34.0 Å². The van der Waals surface area contributed by atoms with Gasteiger partial charge in [-0.3, -0.25) is 19.2 Å². The molecule has 6 atom stereocenters. The molecule has 3 aromatic heterocycles. The Bertz CT molecular complexity index is 3590. The van der Waals surface area contributed by atoms with Gasteiger partial charge in [0.2, 0.25) is 15.9 Å². The number of cyclic esters (lactones) is 1. The number of carbonyl (C=O) groups excluding carboxylic acids is 4. The molecule has 4 unspecified atom stereocenters. The van der Waals surface area contributed by atoms with Crippen LogP contribution in [-0.2, 0) is 73.1 Å². The number of rotatable bonds is 17. The van der Waals surface area contributed by atoms with E-state index in [0.29, 0.717) is 41.2 Å². The Morgan fingerprint density at radius 1 is 0.974 bits per heavy atom. The highest BCUT2D eigenvalue weighted by atomic mass is 127. The summed E-state index contributed by atoms with van der Waals surface area (Å²) in [7, 11) is -4.16. The molecule has 6 N–H and O–H groups in total. The van der Waals surface area contributed by atoms with Crippen molar-refractivity contribution in [1.29, 1.82) is 0 Å². The van der Waals surface area contributed by atoms with Gasteiger partial charge in [0.05, 0.1) is 41.1 Å². The molecule has 0 spiro atoms. The zero-order valence-electron chi connectivity index (χ0n) is 42.3. The molecule has 0 saturated heterocycles. The Kier molecular flexibility index (Phi) is 14.2. The summed E-state index contributed by atoms with van der Waals surface area (Å²) in [6, 6.07) is 21.6. The van der Waals surface area contributed by atoms with Crippen LogP contribution in [0.3, 0.4) is 0 Å². The van der Waals surface area contributed by atoms with Crippen LogP contribution in [0.25, 0.3) is 33.4 Å². The van der Waals surface area contributed by atoms with Gasteiger partial charge in [-0.1, -0.05) is 82.3 Å². The maximum absolute atomic E-state index is 14.3. The monoisotopic (exact) mass is 1190 g/mol. The van der Waals surface area contributed by atoms with Gasteiger partial charge in [0.25, 0.3) is 9.17 Å². The number of aromatic amines is 1. The summed E-state index contributed by atoms with van der Waals surface area (Å²) in [6.45, 7) is 7.21. The number of benzene rings is 3. The van der Waals surface area contributed by atoms with Crippen molar-refractivity contribution in [1.82, 2.24) is 34.9 Å². The fourth-order valence-electron chi connectivity index (χ4n) is 11.4. The zero-order valence-corrected chi connectivity index (χ0v) is 46.1. The number of carboxylic acids is 1. The van der Waals surface area contributed by atoms with Gasteiger partial charge in [-0.25, -0.2) is 32.7 Å². The molecule has 3 aromatic carbocycles. The normalized spacial score (nSPS) is 21.1. The number of fused-ring (bicyclic) bond motifs is 7. The van der Waals surface area contributed by atoms with Crippen molar-refractivity contribution in [2.24, 2.45) is 22.7 Å². The molecule has 5 heterocycles. The molecule has 4 aliphatic rings. The summed E-state index contributed by atoms with van der Waals surface area (Å²) in [5.41, 5.74) is 4.17. The lowest BCUT2D eigenvalue weighted by atomic mass is 9.70. The van der Waals surface area contributed by atoms with E-state index >= 15 is 0 Å². The van der Waals surface area contributed by atoms with Crippen LogP contribution in [0.1, 0.15) is 74.9 Å². The molecular weight excluding hydrogens is 1140 g/mol. The molecule has 22 heteroatoms. The number of aliphatic carboxylic acids is 1. The largest absolute Gasteiger partial charge is 0.480 e. The van der Waals surface area contributed by atoms with Crippen molar-refractivity contribution < 1.29 is 47.0 Å². The summed E-state index contributed by atoms with van der Waals surface area (Å²) >= 11 is 7.43. The number of pyridine rings is 2. The second kappa shape index (κ2) is 20.5. The van der Waals surface area contributed by atoms with Crippen molar-refractivity contribution in [3.8, 4) is 22.5 Å². The van der Waals surface area contributed by atoms with Crippen molar-refractivity contribution in [2.75, 3.05) is 11.1 Å². The quantitative estimate of drug-likeness (QED) is 0.0262. The standard InChI is InChI=1S/C55H55IN8O11S2/c1-29(2)45(50(70)75-55(56)39-23-43-46-34(19-33-8-5-6-11-40(33)60-46)25-64(43)48(67)38(39)26-74-51(55)71)62-47(66)41(22-37-24-57-28-58-37)61-52(76)59-36-10-7-9-32(20-36)31-14-12-30(13-15-31)18-42(49(68)69)63-77(72,73)27-54-17-16-35(21-44(54)65)53(54,3)4/h5-15,19-20,23-24,28-29,35,41-42,45,63H,16-18,21-22,25-27H2,1-4H3,(H,57,58)(H,62,66)(H,68,69)(H2,59,61,76)/t35?,41?,42-,45?,54?,55-/m0/s1. The van der Waals surface area contributed by atoms with Gasteiger partial charge < -0.3 is 40.1 Å². The maximum Gasteiger partial charge on any atom is 0.366 e. The number of aromatic nitrogens is 4. The summed E-state index contributed by atoms with van der Waals surface area (Å²) in [4.78, 5) is 93.8. The van der Waals surface area contributed by atoms with E-state index < -0.39 is 83.6 Å². The number of anilines is 1. The number of alkyl halides is 1. The average Bonchev–Trinajstić information content (AvgIpc) is 4.16. The minimum atomic E-state index is -4.16. The number of carbonyl (C=O) groups is 5. The van der Waals surface area contributed by atoms with Crippen molar-refractivity contribution in [3.05, 3.63) is 136 Å². The van der Waals surface area contributed by atoms with Gasteiger partial charge in [-0.2, -0.15) is 0 Å². The third-order valence-corrected chi connectivity index (χ3v) is 18.8. The molecule has 400 valence electrons. The molecule has 2 fully saturated rings. The lowest BCUT2D eigenvalue weighted by molar-refractivity contribution is -0.176. The van der Waals surface area contributed by atoms with Crippen molar-refractivity contribution in [2.45, 2.75) is 94.7 Å². The first-order chi connectivity index (χ1) is 36.6. The molecule has 1 amide bonds. The van der Waals surface area contributed by atoms with E-state index in [1.54, 1.807) is 89.7 Å². The smallest absolute Gasteiger partial charge is 0.366 e. The summed E-state index contributed by atoms with van der Waals surface area (Å²) in [5.74, 6) is -4.77. The molecule has 2 bridgehead atoms. The van der Waals surface area contributed by atoms with Crippen molar-refractivity contribution in [3.63, 3.8) is 0 Å². The zero-order chi connectivity index (χ0) is 54.8. The first-order valence-corrected chi connectivity index (χ1v) is 28.3. The van der Waals surface area contributed by atoms with E-state index in [9.17, 15) is 42.3 Å². The number of carboxylic acid groups (broad SMARTS) is 1.